The number of allylic oxidation sites excluding steroid dienone is 1. The van der Waals surface area contributed by atoms with E-state index in [2.05, 4.69) is 44.1 Å². The van der Waals surface area contributed by atoms with Crippen molar-refractivity contribution in [2.75, 3.05) is 0 Å². The molecule has 1 aromatic rings. The molecular weight excluding hydrogens is 570 g/mol. The van der Waals surface area contributed by atoms with E-state index in [4.69, 9.17) is 23.8 Å². The Morgan fingerprint density at radius 2 is 1.71 bits per heavy atom. The number of hydrogen-bond donors (Lipinski definition) is 0. The number of rotatable bonds is 8. The highest BCUT2D eigenvalue weighted by Gasteiger charge is 2.59. The second kappa shape index (κ2) is 13.0. The van der Waals surface area contributed by atoms with E-state index in [0.717, 1.165) is 37.0 Å². The molecule has 1 heterocycles. The Bertz CT molecular complexity index is 1340. The van der Waals surface area contributed by atoms with E-state index >= 15 is 0 Å². The molecule has 8 nitrogen and oxygen atoms in total. The molecule has 0 saturated heterocycles. The molecule has 10 atom stereocenters. The minimum atomic E-state index is -1.03. The van der Waals surface area contributed by atoms with Crippen molar-refractivity contribution in [2.45, 2.75) is 117 Å². The molecule has 45 heavy (non-hydrogen) atoms. The highest BCUT2D eigenvalue weighted by Crippen LogP contribution is 2.66. The van der Waals surface area contributed by atoms with Crippen LogP contribution >= 0.6 is 0 Å². The van der Waals surface area contributed by atoms with Gasteiger partial charge in [-0.3, -0.25) is 9.59 Å². The third kappa shape index (κ3) is 6.50. The normalized spacial score (nSPS) is 39.1. The minimum Gasteiger partial charge on any atom is -0.452 e. The Morgan fingerprint density at radius 1 is 0.933 bits per heavy atom. The maximum Gasteiger partial charge on any atom is 0.305 e. The average molecular weight is 620 g/mol. The van der Waals surface area contributed by atoms with E-state index in [1.165, 1.54) is 45.1 Å². The molecule has 0 aromatic heterocycles. The molecule has 3 saturated carbocycles. The molecule has 0 spiro atoms. The van der Waals surface area contributed by atoms with Gasteiger partial charge in [-0.15, -0.1) is 0 Å². The second-order valence-electron chi connectivity index (χ2n) is 14.4. The summed E-state index contributed by atoms with van der Waals surface area (Å²) in [6.45, 7) is 10.3. The fourth-order valence-corrected chi connectivity index (χ4v) is 9.63. The summed E-state index contributed by atoms with van der Waals surface area (Å²) in [5.74, 6) is 1.59. The molecule has 8 heteroatoms. The lowest BCUT2D eigenvalue weighted by atomic mass is 9.47. The van der Waals surface area contributed by atoms with Crippen molar-refractivity contribution in [1.82, 2.24) is 0 Å². The van der Waals surface area contributed by atoms with Gasteiger partial charge in [0, 0.05) is 19.8 Å². The zero-order chi connectivity index (χ0) is 31.8. The Morgan fingerprint density at radius 3 is 2.47 bits per heavy atom. The summed E-state index contributed by atoms with van der Waals surface area (Å²) in [5.41, 5.74) is 4.28. The fourth-order valence-electron chi connectivity index (χ4n) is 9.63. The van der Waals surface area contributed by atoms with Crippen LogP contribution in [0.3, 0.4) is 0 Å². The third-order valence-corrected chi connectivity index (χ3v) is 11.8. The van der Waals surface area contributed by atoms with Gasteiger partial charge in [-0.05, 0) is 105 Å². The third-order valence-electron chi connectivity index (χ3n) is 11.8. The van der Waals surface area contributed by atoms with Crippen LogP contribution in [0.1, 0.15) is 91.5 Å². The first-order valence-electron chi connectivity index (χ1n) is 16.8. The number of ether oxygens (including phenoxy) is 4. The van der Waals surface area contributed by atoms with E-state index < -0.39 is 30.6 Å². The Kier molecular flexibility index (Phi) is 9.26. The first kappa shape index (κ1) is 32.0. The number of carbonyl (C=O) groups is 2. The van der Waals surface area contributed by atoms with Crippen LogP contribution in [0.4, 0.5) is 0 Å². The highest BCUT2D eigenvalue weighted by molar-refractivity contribution is 5.85. The maximum atomic E-state index is 11.7. The lowest BCUT2D eigenvalue weighted by Crippen LogP contribution is -2.51. The van der Waals surface area contributed by atoms with Gasteiger partial charge in [-0.2, -0.15) is 0 Å². The molecule has 6 rings (SSSR count). The molecule has 0 bridgehead atoms. The summed E-state index contributed by atoms with van der Waals surface area (Å²) < 4.78 is 22.9. The number of esters is 2. The summed E-state index contributed by atoms with van der Waals surface area (Å²) in [7, 11) is 0. The summed E-state index contributed by atoms with van der Waals surface area (Å²) >= 11 is 0. The van der Waals surface area contributed by atoms with Crippen LogP contribution in [-0.2, 0) is 40.0 Å². The molecule has 244 valence electrons. The summed E-state index contributed by atoms with van der Waals surface area (Å²) in [6, 6.07) is 10.2. The fraction of sp³-hybridized carbons (Fsp3) is 0.649. The number of benzene rings is 1. The molecule has 4 aliphatic carbocycles. The topological polar surface area (TPSA) is 92.7 Å². The molecular formula is C37H49NO7. The van der Waals surface area contributed by atoms with Crippen molar-refractivity contribution in [2.24, 2.45) is 39.7 Å². The molecule has 1 aliphatic heterocycles. The number of hydrogen-bond acceptors (Lipinski definition) is 8. The Labute approximate surface area is 267 Å². The molecule has 3 fully saturated rings. The Balaban J connectivity index is 1.09. The van der Waals surface area contributed by atoms with Crippen molar-refractivity contribution in [3.05, 3.63) is 59.7 Å². The number of carbonyl (C=O) groups excluding carboxylic acids is 2. The minimum absolute atomic E-state index is 0.0123. The zero-order valence-corrected chi connectivity index (χ0v) is 27.4. The van der Waals surface area contributed by atoms with Crippen molar-refractivity contribution in [3.8, 4) is 0 Å². The first-order valence-corrected chi connectivity index (χ1v) is 16.8. The number of nitrogens with zero attached hydrogens (tertiary/aromatic N) is 1. The number of oxime groups is 1. The van der Waals surface area contributed by atoms with Crippen LogP contribution in [0.2, 0.25) is 0 Å². The van der Waals surface area contributed by atoms with Gasteiger partial charge in [-0.25, -0.2) is 0 Å². The van der Waals surface area contributed by atoms with Crippen molar-refractivity contribution < 1.29 is 33.4 Å². The number of fused-ring (bicyclic) bond motifs is 5. The van der Waals surface area contributed by atoms with Crippen molar-refractivity contribution in [1.29, 1.82) is 0 Å². The smallest absolute Gasteiger partial charge is 0.305 e. The van der Waals surface area contributed by atoms with Crippen LogP contribution in [0.5, 0.6) is 0 Å². The van der Waals surface area contributed by atoms with Gasteiger partial charge in [0.15, 0.2) is 12.4 Å². The van der Waals surface area contributed by atoms with Gasteiger partial charge in [0.05, 0.1) is 11.8 Å². The molecule has 0 N–H and O–H groups in total. The molecule has 5 aliphatic rings. The Hall–Kier alpha value is -2.97. The van der Waals surface area contributed by atoms with Crippen molar-refractivity contribution in [3.63, 3.8) is 0 Å². The van der Waals surface area contributed by atoms with Crippen LogP contribution in [0.15, 0.2) is 59.3 Å². The molecule has 0 radical (unpaired) electrons. The average Bonchev–Trinajstić information content (AvgIpc) is 3.36. The molecule has 1 aromatic carbocycles. The SMILES string of the molecule is CC(=O)O[C@H]1OC(O[C@H]2CC[C@@]3(C)C(=CCC4C3CC[C@@]3(C)C4CC[C@@H]3/C(C)=N/OCc3ccccc3)C2)C=C[C@@H]1OC(C)=O. The highest BCUT2D eigenvalue weighted by atomic mass is 16.8. The summed E-state index contributed by atoms with van der Waals surface area (Å²) in [4.78, 5) is 29.0. The first-order chi connectivity index (χ1) is 21.6. The lowest BCUT2D eigenvalue weighted by Gasteiger charge is -2.58. The molecule has 0 amide bonds. The predicted molar refractivity (Wildman–Crippen MR) is 170 cm³/mol. The summed E-state index contributed by atoms with van der Waals surface area (Å²) in [5, 5.41) is 4.64. The van der Waals surface area contributed by atoms with Gasteiger partial charge in [-0.1, -0.05) is 61.0 Å². The molecule has 4 unspecified atom stereocenters. The maximum absolute atomic E-state index is 11.7. The lowest BCUT2D eigenvalue weighted by molar-refractivity contribution is -0.265. The quantitative estimate of drug-likeness (QED) is 0.131. The van der Waals surface area contributed by atoms with Gasteiger partial charge in [0.2, 0.25) is 6.29 Å². The van der Waals surface area contributed by atoms with Gasteiger partial charge >= 0.3 is 11.9 Å². The second-order valence-corrected chi connectivity index (χ2v) is 14.4. The van der Waals surface area contributed by atoms with Crippen LogP contribution < -0.4 is 0 Å². The van der Waals surface area contributed by atoms with Gasteiger partial charge < -0.3 is 23.8 Å². The van der Waals surface area contributed by atoms with Gasteiger partial charge in [0.25, 0.3) is 0 Å². The van der Waals surface area contributed by atoms with Crippen LogP contribution in [0, 0.1) is 34.5 Å². The van der Waals surface area contributed by atoms with E-state index in [-0.39, 0.29) is 16.9 Å². The van der Waals surface area contributed by atoms with E-state index in [0.29, 0.717) is 30.3 Å². The van der Waals surface area contributed by atoms with Gasteiger partial charge in [0.1, 0.15) is 6.61 Å². The standard InChI is InChI=1S/C37H49NO7/c1-23(38-41-22-26-9-7-6-8-10-26)30-13-14-31-29-12-11-27-21-28(17-19-36(27,4)32(29)18-20-37(30,31)5)44-34-16-15-33(42-24(2)39)35(45-34)43-25(3)40/h6-11,15-16,28-35H,12-14,17-22H2,1-5H3/b38-23+/t28-,29?,30+,31?,32?,33-,34?,35-,36-,37+/m0/s1. The van der Waals surface area contributed by atoms with E-state index in [9.17, 15) is 9.59 Å². The van der Waals surface area contributed by atoms with Crippen LogP contribution in [0.25, 0.3) is 0 Å². The van der Waals surface area contributed by atoms with Crippen molar-refractivity contribution >= 4 is 17.7 Å². The predicted octanol–water partition coefficient (Wildman–Crippen LogP) is 7.28. The van der Waals surface area contributed by atoms with E-state index in [1.54, 1.807) is 12.2 Å². The zero-order valence-electron chi connectivity index (χ0n) is 27.4. The summed E-state index contributed by atoms with van der Waals surface area (Å²) in [6.07, 6.45) is 12.5. The monoisotopic (exact) mass is 619 g/mol. The largest absolute Gasteiger partial charge is 0.452 e. The van der Waals surface area contributed by atoms with Crippen LogP contribution in [-0.4, -0.2) is 42.4 Å². The van der Waals surface area contributed by atoms with E-state index in [1.807, 2.05) is 18.2 Å².